The first-order valence-corrected chi connectivity index (χ1v) is 7.42. The molecule has 5 nitrogen and oxygen atoms in total. The highest BCUT2D eigenvalue weighted by Crippen LogP contribution is 2.38. The average Bonchev–Trinajstić information content (AvgIpc) is 3.01. The number of ether oxygens (including phenoxy) is 2. The number of rotatable bonds is 4. The van der Waals surface area contributed by atoms with Gasteiger partial charge >= 0.3 is 0 Å². The minimum Gasteiger partial charge on any atom is -0.486 e. The zero-order valence-corrected chi connectivity index (χ0v) is 12.9. The van der Waals surface area contributed by atoms with Crippen LogP contribution in [0.2, 0.25) is 5.02 Å². The molecule has 1 aliphatic heterocycles. The highest BCUT2D eigenvalue weighted by Gasteiger charge is 2.18. The van der Waals surface area contributed by atoms with Gasteiger partial charge in [0.15, 0.2) is 11.5 Å². The molecule has 0 spiro atoms. The van der Waals surface area contributed by atoms with Crippen LogP contribution in [0, 0.1) is 0 Å². The summed E-state index contributed by atoms with van der Waals surface area (Å²) >= 11 is 6.17. The summed E-state index contributed by atoms with van der Waals surface area (Å²) in [5.74, 6) is 1.73. The standard InChI is InChI=1S/C16H16ClNO4/c1-10(13-3-2-4-20-13)18-15(19)9-11-7-12(17)16-14(8-11)21-5-6-22-16/h2-4,7-8,10H,5-6,9H2,1H3,(H,18,19). The van der Waals surface area contributed by atoms with Crippen molar-refractivity contribution >= 4 is 17.5 Å². The van der Waals surface area contributed by atoms with Crippen LogP contribution in [0.5, 0.6) is 11.5 Å². The maximum atomic E-state index is 12.1. The van der Waals surface area contributed by atoms with Crippen molar-refractivity contribution in [2.24, 2.45) is 0 Å². The van der Waals surface area contributed by atoms with Gasteiger partial charge in [0, 0.05) is 0 Å². The molecular weight excluding hydrogens is 306 g/mol. The Hall–Kier alpha value is -2.14. The first kappa shape index (κ1) is 14.8. The second-order valence-corrected chi connectivity index (χ2v) is 5.49. The van der Waals surface area contributed by atoms with Crippen LogP contribution in [0.1, 0.15) is 24.3 Å². The van der Waals surface area contributed by atoms with Crippen molar-refractivity contribution < 1.29 is 18.7 Å². The van der Waals surface area contributed by atoms with Crippen LogP contribution >= 0.6 is 11.6 Å². The Kier molecular flexibility index (Phi) is 4.24. The molecule has 1 aliphatic rings. The Morgan fingerprint density at radius 3 is 2.95 bits per heavy atom. The molecule has 116 valence electrons. The van der Waals surface area contributed by atoms with E-state index < -0.39 is 0 Å². The molecule has 0 saturated carbocycles. The maximum absolute atomic E-state index is 12.1. The lowest BCUT2D eigenvalue weighted by atomic mass is 10.1. The normalized spacial score (nSPS) is 14.5. The summed E-state index contributed by atoms with van der Waals surface area (Å²) in [5.41, 5.74) is 0.776. The van der Waals surface area contributed by atoms with Gasteiger partial charge < -0.3 is 19.2 Å². The van der Waals surface area contributed by atoms with Crippen molar-refractivity contribution in [3.8, 4) is 11.5 Å². The van der Waals surface area contributed by atoms with Crippen LogP contribution < -0.4 is 14.8 Å². The van der Waals surface area contributed by atoms with E-state index >= 15 is 0 Å². The highest BCUT2D eigenvalue weighted by molar-refractivity contribution is 6.32. The Bertz CT molecular complexity index is 669. The quantitative estimate of drug-likeness (QED) is 0.940. The summed E-state index contributed by atoms with van der Waals surface area (Å²) in [5, 5.41) is 3.34. The summed E-state index contributed by atoms with van der Waals surface area (Å²) in [4.78, 5) is 12.1. The molecular formula is C16H16ClNO4. The number of benzene rings is 1. The zero-order valence-electron chi connectivity index (χ0n) is 12.1. The molecule has 6 heteroatoms. The fourth-order valence-corrected chi connectivity index (χ4v) is 2.64. The van der Waals surface area contributed by atoms with Gasteiger partial charge in [-0.15, -0.1) is 0 Å². The lowest BCUT2D eigenvalue weighted by Crippen LogP contribution is -2.28. The van der Waals surface area contributed by atoms with Crippen LogP contribution in [-0.4, -0.2) is 19.1 Å². The second kappa shape index (κ2) is 6.32. The van der Waals surface area contributed by atoms with E-state index in [-0.39, 0.29) is 18.4 Å². The monoisotopic (exact) mass is 321 g/mol. The number of hydrogen-bond donors (Lipinski definition) is 1. The van der Waals surface area contributed by atoms with E-state index in [1.165, 1.54) is 0 Å². The van der Waals surface area contributed by atoms with E-state index in [9.17, 15) is 4.79 Å². The first-order valence-electron chi connectivity index (χ1n) is 7.04. The molecule has 1 atom stereocenters. The number of amides is 1. The third kappa shape index (κ3) is 3.20. The maximum Gasteiger partial charge on any atom is 0.225 e. The van der Waals surface area contributed by atoms with E-state index in [0.29, 0.717) is 35.5 Å². The minimum atomic E-state index is -0.185. The van der Waals surface area contributed by atoms with Gasteiger partial charge in [-0.25, -0.2) is 0 Å². The molecule has 0 radical (unpaired) electrons. The van der Waals surface area contributed by atoms with E-state index in [1.807, 2.05) is 13.0 Å². The molecule has 1 N–H and O–H groups in total. The number of hydrogen-bond acceptors (Lipinski definition) is 4. The Balaban J connectivity index is 1.68. The summed E-state index contributed by atoms with van der Waals surface area (Å²) < 4.78 is 16.2. The molecule has 1 aromatic carbocycles. The predicted molar refractivity (Wildman–Crippen MR) is 81.4 cm³/mol. The third-order valence-electron chi connectivity index (χ3n) is 3.37. The number of carbonyl (C=O) groups excluding carboxylic acids is 1. The molecule has 3 rings (SSSR count). The molecule has 0 saturated heterocycles. The molecule has 0 bridgehead atoms. The van der Waals surface area contributed by atoms with E-state index in [1.54, 1.807) is 24.5 Å². The SMILES string of the molecule is CC(NC(=O)Cc1cc(Cl)c2c(c1)OCCO2)c1ccco1. The van der Waals surface area contributed by atoms with Gasteiger partial charge in [-0.1, -0.05) is 11.6 Å². The third-order valence-corrected chi connectivity index (χ3v) is 3.65. The highest BCUT2D eigenvalue weighted by atomic mass is 35.5. The largest absolute Gasteiger partial charge is 0.486 e. The summed E-state index contributed by atoms with van der Waals surface area (Å²) in [6.45, 7) is 2.83. The molecule has 1 unspecified atom stereocenters. The van der Waals surface area contributed by atoms with Crippen molar-refractivity contribution in [2.45, 2.75) is 19.4 Å². The molecule has 22 heavy (non-hydrogen) atoms. The van der Waals surface area contributed by atoms with Crippen LogP contribution in [0.25, 0.3) is 0 Å². The number of furan rings is 1. The van der Waals surface area contributed by atoms with Crippen LogP contribution in [0.4, 0.5) is 0 Å². The van der Waals surface area contributed by atoms with Gasteiger partial charge in [0.25, 0.3) is 0 Å². The van der Waals surface area contributed by atoms with E-state index in [4.69, 9.17) is 25.5 Å². The lowest BCUT2D eigenvalue weighted by molar-refractivity contribution is -0.121. The van der Waals surface area contributed by atoms with E-state index in [2.05, 4.69) is 5.32 Å². The molecule has 1 aromatic heterocycles. The molecule has 0 fully saturated rings. The van der Waals surface area contributed by atoms with Gasteiger partial charge in [-0.3, -0.25) is 4.79 Å². The van der Waals surface area contributed by atoms with Crippen molar-refractivity contribution in [3.05, 3.63) is 46.9 Å². The smallest absolute Gasteiger partial charge is 0.225 e. The second-order valence-electron chi connectivity index (χ2n) is 5.08. The average molecular weight is 322 g/mol. The fraction of sp³-hybridized carbons (Fsp3) is 0.312. The summed E-state index contributed by atoms with van der Waals surface area (Å²) in [6, 6.07) is 6.95. The molecule has 2 heterocycles. The topological polar surface area (TPSA) is 60.7 Å². The summed E-state index contributed by atoms with van der Waals surface area (Å²) in [6.07, 6.45) is 1.79. The van der Waals surface area contributed by atoms with Crippen molar-refractivity contribution in [3.63, 3.8) is 0 Å². The van der Waals surface area contributed by atoms with Gasteiger partial charge in [-0.2, -0.15) is 0 Å². The number of halogens is 1. The summed E-state index contributed by atoms with van der Waals surface area (Å²) in [7, 11) is 0. The lowest BCUT2D eigenvalue weighted by Gasteiger charge is -2.20. The molecule has 0 aliphatic carbocycles. The Labute approximate surface area is 133 Å². The number of fused-ring (bicyclic) bond motifs is 1. The van der Waals surface area contributed by atoms with Gasteiger partial charge in [0.05, 0.1) is 23.7 Å². The van der Waals surface area contributed by atoms with Crippen LogP contribution in [0.3, 0.4) is 0 Å². The number of carbonyl (C=O) groups is 1. The van der Waals surface area contributed by atoms with Gasteiger partial charge in [0.2, 0.25) is 5.91 Å². The zero-order chi connectivity index (χ0) is 15.5. The molecule has 2 aromatic rings. The van der Waals surface area contributed by atoms with Crippen molar-refractivity contribution in [2.75, 3.05) is 13.2 Å². The Morgan fingerprint density at radius 1 is 1.36 bits per heavy atom. The van der Waals surface area contributed by atoms with Crippen molar-refractivity contribution in [1.29, 1.82) is 0 Å². The molecule has 1 amide bonds. The first-order chi connectivity index (χ1) is 10.6. The minimum absolute atomic E-state index is 0.114. The van der Waals surface area contributed by atoms with Gasteiger partial charge in [-0.05, 0) is 36.8 Å². The number of nitrogens with one attached hydrogen (secondary N) is 1. The van der Waals surface area contributed by atoms with Crippen LogP contribution in [0.15, 0.2) is 34.9 Å². The fourth-order valence-electron chi connectivity index (χ4n) is 2.35. The Morgan fingerprint density at radius 2 is 2.18 bits per heavy atom. The van der Waals surface area contributed by atoms with E-state index in [0.717, 1.165) is 5.56 Å². The predicted octanol–water partition coefficient (Wildman–Crippen LogP) is 3.12. The van der Waals surface area contributed by atoms with Crippen molar-refractivity contribution in [1.82, 2.24) is 5.32 Å². The van der Waals surface area contributed by atoms with Crippen LogP contribution in [-0.2, 0) is 11.2 Å². The van der Waals surface area contributed by atoms with Gasteiger partial charge in [0.1, 0.15) is 19.0 Å².